The Morgan fingerprint density at radius 3 is 1.95 bits per heavy atom. The van der Waals surface area contributed by atoms with Crippen molar-refractivity contribution in [1.82, 2.24) is 0 Å². The van der Waals surface area contributed by atoms with Crippen LogP contribution in [0.1, 0.15) is 31.4 Å². The fourth-order valence-corrected chi connectivity index (χ4v) is 1.98. The predicted molar refractivity (Wildman–Crippen MR) is 64.7 cm³/mol. The van der Waals surface area contributed by atoms with E-state index in [0.29, 0.717) is 0 Å². The number of hydrogen-bond acceptors (Lipinski definition) is 0. The summed E-state index contributed by atoms with van der Waals surface area (Å²) in [7, 11) is 0. The SMILES string of the molecule is Cc1ccc(C(C)(C)C2=[C-]C=CC2)cc1.[Cl-].[Cl-].[Cl-].[Ti+4]. The zero-order valence-corrected chi connectivity index (χ0v) is 15.1. The fraction of sp³-hybridized carbons (Fsp3) is 0.333. The Morgan fingerprint density at radius 1 is 1.00 bits per heavy atom. The van der Waals surface area contributed by atoms with Gasteiger partial charge in [0.15, 0.2) is 0 Å². The third kappa shape index (κ3) is 5.65. The first kappa shape index (κ1) is 24.3. The van der Waals surface area contributed by atoms with Gasteiger partial charge < -0.3 is 37.2 Å². The van der Waals surface area contributed by atoms with Crippen molar-refractivity contribution < 1.29 is 58.9 Å². The smallest absolute Gasteiger partial charge is 1.00 e. The monoisotopic (exact) mass is 350 g/mol. The molecule has 0 spiro atoms. The average Bonchev–Trinajstić information content (AvgIpc) is 2.71. The van der Waals surface area contributed by atoms with E-state index < -0.39 is 0 Å². The van der Waals surface area contributed by atoms with Crippen LogP contribution >= 0.6 is 0 Å². The van der Waals surface area contributed by atoms with Crippen LogP contribution in [0.5, 0.6) is 0 Å². The molecule has 0 bridgehead atoms. The number of allylic oxidation sites excluding steroid dienone is 4. The number of halogens is 3. The molecule has 0 atom stereocenters. The summed E-state index contributed by atoms with van der Waals surface area (Å²) in [6.07, 6.45) is 8.59. The Labute approximate surface area is 150 Å². The summed E-state index contributed by atoms with van der Waals surface area (Å²) in [6, 6.07) is 8.81. The van der Waals surface area contributed by atoms with E-state index >= 15 is 0 Å². The van der Waals surface area contributed by atoms with E-state index in [1.165, 1.54) is 16.7 Å². The summed E-state index contributed by atoms with van der Waals surface area (Å²) in [4.78, 5) is 0. The molecule has 0 N–H and O–H groups in total. The second-order valence-electron chi connectivity index (χ2n) is 4.72. The molecule has 19 heavy (non-hydrogen) atoms. The molecule has 102 valence electrons. The van der Waals surface area contributed by atoms with Crippen LogP contribution in [0.2, 0.25) is 0 Å². The molecular weight excluding hydrogens is 334 g/mol. The molecule has 0 nitrogen and oxygen atoms in total. The minimum absolute atomic E-state index is 0. The molecule has 0 heterocycles. The van der Waals surface area contributed by atoms with Gasteiger partial charge >= 0.3 is 21.7 Å². The van der Waals surface area contributed by atoms with Gasteiger partial charge in [0.2, 0.25) is 0 Å². The molecule has 1 aliphatic rings. The van der Waals surface area contributed by atoms with E-state index in [2.05, 4.69) is 57.2 Å². The summed E-state index contributed by atoms with van der Waals surface area (Å²) < 4.78 is 0. The largest absolute Gasteiger partial charge is 4.00 e. The van der Waals surface area contributed by atoms with Crippen LogP contribution in [-0.4, -0.2) is 0 Å². The van der Waals surface area contributed by atoms with Crippen LogP contribution in [-0.2, 0) is 27.1 Å². The van der Waals surface area contributed by atoms with Gasteiger partial charge in [-0.25, -0.2) is 12.2 Å². The maximum Gasteiger partial charge on any atom is 4.00 e. The molecule has 0 amide bonds. The van der Waals surface area contributed by atoms with E-state index in [1.807, 2.05) is 6.08 Å². The molecule has 1 aliphatic carbocycles. The van der Waals surface area contributed by atoms with Crippen molar-refractivity contribution in [3.63, 3.8) is 0 Å². The summed E-state index contributed by atoms with van der Waals surface area (Å²) in [5, 5.41) is 0. The van der Waals surface area contributed by atoms with Gasteiger partial charge in [0.05, 0.1) is 0 Å². The molecule has 1 aromatic carbocycles. The van der Waals surface area contributed by atoms with Gasteiger partial charge in [-0.3, -0.25) is 6.08 Å². The summed E-state index contributed by atoms with van der Waals surface area (Å²) >= 11 is 0. The molecule has 0 saturated heterocycles. The Bertz CT molecular complexity index is 420. The van der Waals surface area contributed by atoms with Gasteiger partial charge in [0, 0.05) is 0 Å². The molecule has 0 saturated carbocycles. The van der Waals surface area contributed by atoms with Gasteiger partial charge in [-0.1, -0.05) is 50.1 Å². The molecule has 1 aromatic rings. The molecule has 4 heteroatoms. The maximum atomic E-state index is 3.35. The summed E-state index contributed by atoms with van der Waals surface area (Å²) in [5.74, 6) is 0. The molecule has 0 aliphatic heterocycles. The van der Waals surface area contributed by atoms with Crippen LogP contribution < -0.4 is 37.2 Å². The molecule has 0 radical (unpaired) electrons. The Morgan fingerprint density at radius 2 is 1.53 bits per heavy atom. The van der Waals surface area contributed by atoms with Crippen molar-refractivity contribution >= 4 is 0 Å². The molecule has 0 fully saturated rings. The van der Waals surface area contributed by atoms with Crippen LogP contribution in [0.15, 0.2) is 42.0 Å². The third-order valence-corrected chi connectivity index (χ3v) is 3.23. The zero-order valence-electron chi connectivity index (χ0n) is 11.3. The van der Waals surface area contributed by atoms with E-state index in [4.69, 9.17) is 0 Å². The minimum atomic E-state index is 0. The van der Waals surface area contributed by atoms with Crippen molar-refractivity contribution in [2.24, 2.45) is 0 Å². The maximum absolute atomic E-state index is 3.35. The Hall–Kier alpha value is 0.284. The standard InChI is InChI=1S/C15H17.3ClH.Ti/c1-12-8-10-14(11-9-12)15(2,3)13-6-4-5-7-13;;;;/h4-5,8-11H,6H2,1-3H3;3*1H;/q-1;;;;+4/p-3. The van der Waals surface area contributed by atoms with Crippen molar-refractivity contribution in [3.8, 4) is 0 Å². The molecular formula is C15H17Cl3Ti. The number of hydrogen-bond donors (Lipinski definition) is 0. The molecule has 0 aromatic heterocycles. The first-order chi connectivity index (χ1) is 7.10. The second-order valence-corrected chi connectivity index (χ2v) is 4.72. The first-order valence-electron chi connectivity index (χ1n) is 5.46. The van der Waals surface area contributed by atoms with Crippen LogP contribution in [0, 0.1) is 13.0 Å². The van der Waals surface area contributed by atoms with Crippen LogP contribution in [0.25, 0.3) is 0 Å². The quantitative estimate of drug-likeness (QED) is 0.370. The van der Waals surface area contributed by atoms with E-state index in [9.17, 15) is 0 Å². The van der Waals surface area contributed by atoms with Crippen molar-refractivity contribution in [2.45, 2.75) is 32.6 Å². The second kappa shape index (κ2) is 10.1. The zero-order chi connectivity index (χ0) is 10.9. The Balaban J connectivity index is -0.000000640. The van der Waals surface area contributed by atoms with Crippen LogP contribution in [0.4, 0.5) is 0 Å². The minimum Gasteiger partial charge on any atom is -1.00 e. The molecule has 2 rings (SSSR count). The van der Waals surface area contributed by atoms with Gasteiger partial charge in [-0.05, 0) is 17.9 Å². The van der Waals surface area contributed by atoms with Crippen molar-refractivity contribution in [2.75, 3.05) is 0 Å². The fourth-order valence-electron chi connectivity index (χ4n) is 1.98. The third-order valence-electron chi connectivity index (χ3n) is 3.23. The van der Waals surface area contributed by atoms with Crippen molar-refractivity contribution in [3.05, 3.63) is 59.2 Å². The van der Waals surface area contributed by atoms with Crippen LogP contribution in [0.3, 0.4) is 0 Å². The van der Waals surface area contributed by atoms with Gasteiger partial charge in [0.1, 0.15) is 0 Å². The first-order valence-corrected chi connectivity index (χ1v) is 5.46. The Kier molecular flexibility index (Phi) is 12.9. The molecule has 0 unspecified atom stereocenters. The average molecular weight is 352 g/mol. The van der Waals surface area contributed by atoms with Gasteiger partial charge in [-0.15, -0.1) is 0 Å². The van der Waals surface area contributed by atoms with E-state index in [-0.39, 0.29) is 64.4 Å². The number of benzene rings is 1. The van der Waals surface area contributed by atoms with E-state index in [1.54, 1.807) is 0 Å². The van der Waals surface area contributed by atoms with Gasteiger partial charge in [0.25, 0.3) is 0 Å². The summed E-state index contributed by atoms with van der Waals surface area (Å²) in [5.41, 5.74) is 4.18. The predicted octanol–water partition coefficient (Wildman–Crippen LogP) is -5.03. The number of rotatable bonds is 2. The number of aryl methyl sites for hydroxylation is 1. The van der Waals surface area contributed by atoms with Crippen molar-refractivity contribution in [1.29, 1.82) is 0 Å². The normalized spacial score (nSPS) is 12.3. The van der Waals surface area contributed by atoms with Gasteiger partial charge in [-0.2, -0.15) is 5.57 Å². The topological polar surface area (TPSA) is 0 Å². The van der Waals surface area contributed by atoms with E-state index in [0.717, 1.165) is 6.42 Å². The summed E-state index contributed by atoms with van der Waals surface area (Å²) in [6.45, 7) is 6.67.